The third-order valence-electron chi connectivity index (χ3n) is 5.68. The van der Waals surface area contributed by atoms with Gasteiger partial charge in [0.25, 0.3) is 0 Å². The maximum Gasteiger partial charge on any atom is 0.324 e. The molecule has 2 heterocycles. The van der Waals surface area contributed by atoms with Crippen LogP contribution in [0.15, 0.2) is 59.6 Å². The molecule has 4 rings (SSSR count). The number of β-amino-alcohol motifs (C(OH)–C–C–N with tert-alkyl or cyclic N) is 1. The zero-order valence-corrected chi connectivity index (χ0v) is 18.2. The van der Waals surface area contributed by atoms with E-state index in [9.17, 15) is 18.3 Å². The molecule has 2 atom stereocenters. The van der Waals surface area contributed by atoms with Crippen molar-refractivity contribution in [3.8, 4) is 0 Å². The predicted octanol–water partition coefficient (Wildman–Crippen LogP) is 2.72. The van der Waals surface area contributed by atoms with Crippen molar-refractivity contribution in [2.45, 2.75) is 43.9 Å². The summed E-state index contributed by atoms with van der Waals surface area (Å²) < 4.78 is 32.9. The van der Waals surface area contributed by atoms with Gasteiger partial charge in [0.2, 0.25) is 10.0 Å². The molecule has 3 aromatic rings. The molecule has 31 heavy (non-hydrogen) atoms. The van der Waals surface area contributed by atoms with Gasteiger partial charge in [-0.25, -0.2) is 8.42 Å². The van der Waals surface area contributed by atoms with Crippen LogP contribution in [-0.4, -0.2) is 47.5 Å². The fourth-order valence-corrected chi connectivity index (χ4v) is 5.51. The van der Waals surface area contributed by atoms with E-state index < -0.39 is 28.1 Å². The van der Waals surface area contributed by atoms with E-state index in [4.69, 9.17) is 4.74 Å². The Morgan fingerprint density at radius 1 is 1.16 bits per heavy atom. The maximum absolute atomic E-state index is 13.2. The van der Waals surface area contributed by atoms with Crippen molar-refractivity contribution in [2.24, 2.45) is 0 Å². The van der Waals surface area contributed by atoms with Gasteiger partial charge in [0.1, 0.15) is 12.6 Å². The van der Waals surface area contributed by atoms with Crippen LogP contribution in [0.1, 0.15) is 23.1 Å². The minimum atomic E-state index is -3.96. The van der Waals surface area contributed by atoms with Crippen LogP contribution in [0, 0.1) is 13.8 Å². The fraction of sp³-hybridized carbons (Fsp3) is 0.304. The van der Waals surface area contributed by atoms with Crippen molar-refractivity contribution in [3.63, 3.8) is 0 Å². The highest BCUT2D eigenvalue weighted by atomic mass is 32.2. The van der Waals surface area contributed by atoms with Crippen LogP contribution >= 0.6 is 0 Å². The molecular formula is C23H24N2O5S. The number of nitrogens with zero attached hydrogens (tertiary/aromatic N) is 2. The molecule has 1 aliphatic rings. The standard InChI is InChI=1S/C23H24N2O5S/c1-15-8-9-20(11-16(15)2)31(28,29)25-13-19(26)12-21(25)23(27)30-14-18-6-3-5-17-7-4-10-24-22(17)18/h3-11,19,21,26H,12-14H2,1-2H3/t19-,21-/m0/s1. The number of rotatable bonds is 5. The highest BCUT2D eigenvalue weighted by Crippen LogP contribution is 2.28. The van der Waals surface area contributed by atoms with Crippen LogP contribution in [0.5, 0.6) is 0 Å². The highest BCUT2D eigenvalue weighted by molar-refractivity contribution is 7.89. The summed E-state index contributed by atoms with van der Waals surface area (Å²) in [6.45, 7) is 3.55. The first-order valence-electron chi connectivity index (χ1n) is 10.0. The molecular weight excluding hydrogens is 416 g/mol. The summed E-state index contributed by atoms with van der Waals surface area (Å²) in [4.78, 5) is 17.3. The zero-order valence-electron chi connectivity index (χ0n) is 17.4. The average Bonchev–Trinajstić information content (AvgIpc) is 3.16. The number of aliphatic hydroxyl groups is 1. The van der Waals surface area contributed by atoms with E-state index in [-0.39, 0.29) is 24.5 Å². The number of hydrogen-bond acceptors (Lipinski definition) is 6. The molecule has 1 aliphatic heterocycles. The maximum atomic E-state index is 13.2. The van der Waals surface area contributed by atoms with E-state index in [2.05, 4.69) is 4.98 Å². The number of pyridine rings is 1. The molecule has 2 aromatic carbocycles. The number of hydrogen-bond donors (Lipinski definition) is 1. The Hall–Kier alpha value is -2.81. The van der Waals surface area contributed by atoms with Crippen molar-refractivity contribution < 1.29 is 23.1 Å². The quantitative estimate of drug-likeness (QED) is 0.613. The molecule has 1 fully saturated rings. The molecule has 8 heteroatoms. The fourth-order valence-electron chi connectivity index (χ4n) is 3.80. The topological polar surface area (TPSA) is 96.8 Å². The van der Waals surface area contributed by atoms with E-state index in [1.54, 1.807) is 18.3 Å². The minimum Gasteiger partial charge on any atom is -0.460 e. The number of para-hydroxylation sites is 1. The van der Waals surface area contributed by atoms with Gasteiger partial charge in [0.05, 0.1) is 16.5 Å². The lowest BCUT2D eigenvalue weighted by Gasteiger charge is -2.23. The summed E-state index contributed by atoms with van der Waals surface area (Å²) >= 11 is 0. The van der Waals surface area contributed by atoms with Gasteiger partial charge in [0, 0.05) is 30.1 Å². The van der Waals surface area contributed by atoms with Crippen LogP contribution in [0.25, 0.3) is 10.9 Å². The minimum absolute atomic E-state index is 0.00328. The van der Waals surface area contributed by atoms with Gasteiger partial charge in [-0.1, -0.05) is 30.3 Å². The average molecular weight is 441 g/mol. The van der Waals surface area contributed by atoms with Crippen molar-refractivity contribution in [3.05, 3.63) is 71.4 Å². The summed E-state index contributed by atoms with van der Waals surface area (Å²) in [6.07, 6.45) is 0.730. The lowest BCUT2D eigenvalue weighted by molar-refractivity contribution is -0.148. The molecule has 7 nitrogen and oxygen atoms in total. The van der Waals surface area contributed by atoms with Gasteiger partial charge in [-0.2, -0.15) is 4.31 Å². The number of aryl methyl sites for hydroxylation is 2. The molecule has 162 valence electrons. The molecule has 0 aliphatic carbocycles. The Kier molecular flexibility index (Phi) is 5.79. The number of fused-ring (bicyclic) bond motifs is 1. The smallest absolute Gasteiger partial charge is 0.324 e. The first kappa shape index (κ1) is 21.4. The van der Waals surface area contributed by atoms with Crippen molar-refractivity contribution >= 4 is 26.9 Å². The second-order valence-electron chi connectivity index (χ2n) is 7.83. The van der Waals surface area contributed by atoms with Gasteiger partial charge < -0.3 is 9.84 Å². The van der Waals surface area contributed by atoms with Gasteiger partial charge >= 0.3 is 5.97 Å². The van der Waals surface area contributed by atoms with Gasteiger partial charge in [-0.05, 0) is 43.2 Å². The lowest BCUT2D eigenvalue weighted by Crippen LogP contribution is -2.41. The summed E-state index contributed by atoms with van der Waals surface area (Å²) in [6, 6.07) is 13.1. The van der Waals surface area contributed by atoms with Crippen LogP contribution in [-0.2, 0) is 26.2 Å². The number of sulfonamides is 1. The summed E-state index contributed by atoms with van der Waals surface area (Å²) in [5.41, 5.74) is 3.26. The largest absolute Gasteiger partial charge is 0.460 e. The van der Waals surface area contributed by atoms with E-state index in [0.717, 1.165) is 31.9 Å². The molecule has 0 bridgehead atoms. The van der Waals surface area contributed by atoms with Gasteiger partial charge in [0.15, 0.2) is 0 Å². The predicted molar refractivity (Wildman–Crippen MR) is 116 cm³/mol. The second-order valence-corrected chi connectivity index (χ2v) is 9.72. The number of ether oxygens (including phenoxy) is 1. The number of aromatic nitrogens is 1. The Morgan fingerprint density at radius 2 is 1.94 bits per heavy atom. The molecule has 1 aromatic heterocycles. The van der Waals surface area contributed by atoms with Crippen molar-refractivity contribution in [2.75, 3.05) is 6.54 Å². The Morgan fingerprint density at radius 3 is 2.71 bits per heavy atom. The van der Waals surface area contributed by atoms with Crippen LogP contribution < -0.4 is 0 Å². The lowest BCUT2D eigenvalue weighted by atomic mass is 10.1. The first-order chi connectivity index (χ1) is 14.8. The Bertz CT molecular complexity index is 1240. The number of aliphatic hydroxyl groups excluding tert-OH is 1. The SMILES string of the molecule is Cc1ccc(S(=O)(=O)N2C[C@@H](O)C[C@H]2C(=O)OCc2cccc3cccnc23)cc1C. The zero-order chi connectivity index (χ0) is 22.2. The molecule has 0 amide bonds. The Balaban J connectivity index is 1.55. The summed E-state index contributed by atoms with van der Waals surface area (Å²) in [5, 5.41) is 11.1. The normalized spacial score (nSPS) is 19.6. The molecule has 0 saturated carbocycles. The van der Waals surface area contributed by atoms with E-state index in [1.165, 1.54) is 6.07 Å². The number of esters is 1. The van der Waals surface area contributed by atoms with E-state index >= 15 is 0 Å². The van der Waals surface area contributed by atoms with Crippen LogP contribution in [0.4, 0.5) is 0 Å². The number of carbonyl (C=O) groups is 1. The van der Waals surface area contributed by atoms with Gasteiger partial charge in [-0.3, -0.25) is 9.78 Å². The highest BCUT2D eigenvalue weighted by Gasteiger charge is 2.44. The van der Waals surface area contributed by atoms with E-state index in [0.29, 0.717) is 0 Å². The van der Waals surface area contributed by atoms with Crippen LogP contribution in [0.2, 0.25) is 0 Å². The number of benzene rings is 2. The van der Waals surface area contributed by atoms with E-state index in [1.807, 2.05) is 44.2 Å². The number of carbonyl (C=O) groups excluding carboxylic acids is 1. The Labute approximate surface area is 181 Å². The molecule has 1 saturated heterocycles. The molecule has 0 radical (unpaired) electrons. The third kappa shape index (κ3) is 4.19. The third-order valence-corrected chi connectivity index (χ3v) is 7.55. The van der Waals surface area contributed by atoms with Gasteiger partial charge in [-0.15, -0.1) is 0 Å². The van der Waals surface area contributed by atoms with Crippen molar-refractivity contribution in [1.82, 2.24) is 9.29 Å². The van der Waals surface area contributed by atoms with Crippen molar-refractivity contribution in [1.29, 1.82) is 0 Å². The molecule has 1 N–H and O–H groups in total. The monoisotopic (exact) mass is 440 g/mol. The first-order valence-corrected chi connectivity index (χ1v) is 11.5. The molecule has 0 unspecified atom stereocenters. The second kappa shape index (κ2) is 8.37. The summed E-state index contributed by atoms with van der Waals surface area (Å²) in [5.74, 6) is -0.683. The molecule has 0 spiro atoms. The van der Waals surface area contributed by atoms with Crippen LogP contribution in [0.3, 0.4) is 0 Å². The summed E-state index contributed by atoms with van der Waals surface area (Å²) in [7, 11) is -3.96.